The minimum absolute atomic E-state index is 0.194. The number of nitrogens with two attached hydrogens (primary N) is 1. The lowest BCUT2D eigenvalue weighted by Crippen LogP contribution is -2.40. The topological polar surface area (TPSA) is 55.5 Å². The average molecular weight is 277 g/mol. The number of hydrogen-bond acceptors (Lipinski definition) is 3. The van der Waals surface area contributed by atoms with Crippen LogP contribution in [0.25, 0.3) is 0 Å². The van der Waals surface area contributed by atoms with Crippen LogP contribution in [-0.4, -0.2) is 18.8 Å². The number of benzene rings is 1. The van der Waals surface area contributed by atoms with E-state index in [-0.39, 0.29) is 5.41 Å². The first-order chi connectivity index (χ1) is 9.66. The summed E-state index contributed by atoms with van der Waals surface area (Å²) in [5.41, 5.74) is 6.73. The lowest BCUT2D eigenvalue weighted by molar-refractivity contribution is -0.0115. The van der Waals surface area contributed by atoms with Gasteiger partial charge in [-0.2, -0.15) is 0 Å². The molecule has 1 aliphatic carbocycles. The first-order valence-corrected chi connectivity index (χ1v) is 7.68. The summed E-state index contributed by atoms with van der Waals surface area (Å²) >= 11 is 0. The van der Waals surface area contributed by atoms with Crippen LogP contribution >= 0.6 is 0 Å². The highest BCUT2D eigenvalue weighted by molar-refractivity contribution is 5.36. The Hall–Kier alpha value is -1.06. The summed E-state index contributed by atoms with van der Waals surface area (Å²) in [5.74, 6) is 1.55. The number of aliphatic hydroxyl groups excluding tert-OH is 1. The van der Waals surface area contributed by atoms with Crippen molar-refractivity contribution in [2.45, 2.75) is 45.1 Å². The summed E-state index contributed by atoms with van der Waals surface area (Å²) in [6, 6.07) is 7.73. The van der Waals surface area contributed by atoms with Crippen LogP contribution in [0.5, 0.6) is 5.75 Å². The Bertz CT molecular complexity index is 425. The van der Waals surface area contributed by atoms with Gasteiger partial charge in [-0.25, -0.2) is 0 Å². The van der Waals surface area contributed by atoms with E-state index in [1.54, 1.807) is 7.11 Å². The summed E-state index contributed by atoms with van der Waals surface area (Å²) in [7, 11) is 1.65. The van der Waals surface area contributed by atoms with Crippen molar-refractivity contribution < 1.29 is 9.84 Å². The molecule has 1 aliphatic rings. The van der Waals surface area contributed by atoms with Gasteiger partial charge in [-0.3, -0.25) is 0 Å². The van der Waals surface area contributed by atoms with Gasteiger partial charge in [0.25, 0.3) is 0 Å². The van der Waals surface area contributed by atoms with Crippen molar-refractivity contribution in [3.63, 3.8) is 0 Å². The van der Waals surface area contributed by atoms with Gasteiger partial charge >= 0.3 is 0 Å². The molecule has 0 aromatic heterocycles. The summed E-state index contributed by atoms with van der Waals surface area (Å²) in [6.45, 7) is 2.78. The van der Waals surface area contributed by atoms with Gasteiger partial charge < -0.3 is 15.6 Å². The smallest absolute Gasteiger partial charge is 0.124 e. The predicted octanol–water partition coefficient (Wildman–Crippen LogP) is 3.27. The van der Waals surface area contributed by atoms with Crippen LogP contribution < -0.4 is 10.5 Å². The zero-order valence-electron chi connectivity index (χ0n) is 12.6. The van der Waals surface area contributed by atoms with E-state index >= 15 is 0 Å². The van der Waals surface area contributed by atoms with Gasteiger partial charge in [-0.15, -0.1) is 0 Å². The fourth-order valence-electron chi connectivity index (χ4n) is 3.47. The highest BCUT2D eigenvalue weighted by Gasteiger charge is 2.41. The number of ether oxygens (including phenoxy) is 1. The van der Waals surface area contributed by atoms with Crippen LogP contribution in [0.2, 0.25) is 0 Å². The molecule has 3 nitrogen and oxygen atoms in total. The molecular formula is C17H27NO2. The van der Waals surface area contributed by atoms with Crippen molar-refractivity contribution >= 4 is 0 Å². The molecule has 0 bridgehead atoms. The molecule has 112 valence electrons. The van der Waals surface area contributed by atoms with E-state index in [9.17, 15) is 5.11 Å². The Kier molecular flexibility index (Phi) is 5.06. The molecule has 0 saturated heterocycles. The molecule has 3 heteroatoms. The second-order valence-corrected chi connectivity index (χ2v) is 6.06. The standard InChI is InChI=1S/C17H27NO2/c1-3-13-8-10-17(12-18,11-9-13)16(19)14-6-4-5-7-15(14)20-2/h4-7,13,16,19H,3,8-12,18H2,1-2H3. The average Bonchev–Trinajstić information content (AvgIpc) is 2.54. The van der Waals surface area contributed by atoms with Gasteiger partial charge in [0.1, 0.15) is 5.75 Å². The van der Waals surface area contributed by atoms with Crippen molar-refractivity contribution in [3.8, 4) is 5.75 Å². The molecule has 20 heavy (non-hydrogen) atoms. The Morgan fingerprint density at radius 1 is 1.35 bits per heavy atom. The van der Waals surface area contributed by atoms with Crippen LogP contribution in [0.3, 0.4) is 0 Å². The molecule has 3 N–H and O–H groups in total. The minimum atomic E-state index is -0.540. The Morgan fingerprint density at radius 3 is 2.55 bits per heavy atom. The van der Waals surface area contributed by atoms with Gasteiger partial charge in [0.2, 0.25) is 0 Å². The maximum Gasteiger partial charge on any atom is 0.124 e. The summed E-state index contributed by atoms with van der Waals surface area (Å²) in [4.78, 5) is 0. The summed E-state index contributed by atoms with van der Waals surface area (Å²) in [5, 5.41) is 10.9. The molecule has 0 amide bonds. The van der Waals surface area contributed by atoms with E-state index in [4.69, 9.17) is 10.5 Å². The van der Waals surface area contributed by atoms with Gasteiger partial charge in [0.05, 0.1) is 13.2 Å². The molecule has 0 heterocycles. The number of hydrogen-bond donors (Lipinski definition) is 2. The molecular weight excluding hydrogens is 250 g/mol. The van der Waals surface area contributed by atoms with Crippen LogP contribution in [0.1, 0.15) is 50.7 Å². The van der Waals surface area contributed by atoms with E-state index in [1.165, 1.54) is 19.3 Å². The van der Waals surface area contributed by atoms with Crippen molar-refractivity contribution in [3.05, 3.63) is 29.8 Å². The fourth-order valence-corrected chi connectivity index (χ4v) is 3.47. The van der Waals surface area contributed by atoms with E-state index in [2.05, 4.69) is 6.92 Å². The third-order valence-corrected chi connectivity index (χ3v) is 5.10. The van der Waals surface area contributed by atoms with Crippen LogP contribution in [0, 0.1) is 11.3 Å². The third kappa shape index (κ3) is 2.84. The lowest BCUT2D eigenvalue weighted by Gasteiger charge is -2.43. The minimum Gasteiger partial charge on any atom is -0.496 e. The zero-order valence-corrected chi connectivity index (χ0v) is 12.6. The quantitative estimate of drug-likeness (QED) is 0.868. The van der Waals surface area contributed by atoms with Gasteiger partial charge in [-0.05, 0) is 37.7 Å². The van der Waals surface area contributed by atoms with Gasteiger partial charge in [-0.1, -0.05) is 31.5 Å². The summed E-state index contributed by atoms with van der Waals surface area (Å²) < 4.78 is 5.39. The van der Waals surface area contributed by atoms with Crippen LogP contribution in [-0.2, 0) is 0 Å². The van der Waals surface area contributed by atoms with Crippen LogP contribution in [0.15, 0.2) is 24.3 Å². The monoisotopic (exact) mass is 277 g/mol. The first-order valence-electron chi connectivity index (χ1n) is 7.68. The number of para-hydroxylation sites is 1. The normalized spacial score (nSPS) is 28.1. The predicted molar refractivity (Wildman–Crippen MR) is 81.7 cm³/mol. The second kappa shape index (κ2) is 6.59. The van der Waals surface area contributed by atoms with Crippen molar-refractivity contribution in [1.29, 1.82) is 0 Å². The van der Waals surface area contributed by atoms with Crippen LogP contribution in [0.4, 0.5) is 0 Å². The molecule has 1 atom stereocenters. The maximum atomic E-state index is 10.9. The van der Waals surface area contributed by atoms with Gasteiger partial charge in [0.15, 0.2) is 0 Å². The lowest BCUT2D eigenvalue weighted by atomic mass is 9.65. The third-order valence-electron chi connectivity index (χ3n) is 5.10. The Balaban J connectivity index is 2.23. The maximum absolute atomic E-state index is 10.9. The molecule has 1 unspecified atom stereocenters. The van der Waals surface area contributed by atoms with E-state index in [1.807, 2.05) is 24.3 Å². The molecule has 1 aromatic rings. The van der Waals surface area contributed by atoms with Crippen molar-refractivity contribution in [2.75, 3.05) is 13.7 Å². The van der Waals surface area contributed by atoms with E-state index in [0.717, 1.165) is 30.1 Å². The molecule has 1 aromatic carbocycles. The zero-order chi connectivity index (χ0) is 14.6. The molecule has 1 saturated carbocycles. The number of rotatable bonds is 5. The largest absolute Gasteiger partial charge is 0.496 e. The molecule has 0 spiro atoms. The van der Waals surface area contributed by atoms with Crippen molar-refractivity contribution in [1.82, 2.24) is 0 Å². The van der Waals surface area contributed by atoms with E-state index in [0.29, 0.717) is 6.54 Å². The van der Waals surface area contributed by atoms with Crippen molar-refractivity contribution in [2.24, 2.45) is 17.1 Å². The van der Waals surface area contributed by atoms with E-state index < -0.39 is 6.10 Å². The second-order valence-electron chi connectivity index (χ2n) is 6.06. The summed E-state index contributed by atoms with van der Waals surface area (Å²) in [6.07, 6.45) is 5.02. The first kappa shape index (κ1) is 15.3. The molecule has 2 rings (SSSR count). The molecule has 0 radical (unpaired) electrons. The molecule has 0 aliphatic heterocycles. The van der Waals surface area contributed by atoms with Gasteiger partial charge in [0, 0.05) is 17.5 Å². The highest BCUT2D eigenvalue weighted by Crippen LogP contribution is 2.48. The SMILES string of the molecule is CCC1CCC(CN)(C(O)c2ccccc2OC)CC1. The Labute approximate surface area is 122 Å². The fraction of sp³-hybridized carbons (Fsp3) is 0.647. The number of methoxy groups -OCH3 is 1. The Morgan fingerprint density at radius 2 is 2.00 bits per heavy atom. The molecule has 1 fully saturated rings. The number of aliphatic hydroxyl groups is 1. The highest BCUT2D eigenvalue weighted by atomic mass is 16.5.